The van der Waals surface area contributed by atoms with Gasteiger partial charge < -0.3 is 15.1 Å². The Morgan fingerprint density at radius 1 is 1.00 bits per heavy atom. The van der Waals surface area contributed by atoms with E-state index in [1.165, 1.54) is 0 Å². The van der Waals surface area contributed by atoms with Crippen molar-refractivity contribution >= 4 is 19.5 Å². The molecule has 1 aromatic carbocycles. The highest BCUT2D eigenvalue weighted by Crippen LogP contribution is 2.47. The van der Waals surface area contributed by atoms with E-state index in [9.17, 15) is 24.2 Å². The number of carboxylic acids is 2. The Morgan fingerprint density at radius 2 is 1.60 bits per heavy atom. The van der Waals surface area contributed by atoms with Gasteiger partial charge in [-0.05, 0) is 18.4 Å². The van der Waals surface area contributed by atoms with Gasteiger partial charge in [-0.2, -0.15) is 0 Å². The van der Waals surface area contributed by atoms with E-state index in [4.69, 9.17) is 9.63 Å². The van der Waals surface area contributed by atoms with Gasteiger partial charge in [-0.25, -0.2) is 4.79 Å². The summed E-state index contributed by atoms with van der Waals surface area (Å²) in [7, 11) is -4.05. The number of carboxylic acid groups (broad SMARTS) is 2. The Hall–Kier alpha value is -1.69. The first-order valence-corrected chi connectivity index (χ1v) is 10.1. The molecule has 2 atom stereocenters. The molecule has 3 N–H and O–H groups in total. The third kappa shape index (κ3) is 10.0. The summed E-state index contributed by atoms with van der Waals surface area (Å²) in [6, 6.07) is 8.60. The van der Waals surface area contributed by atoms with Crippen molar-refractivity contribution in [2.45, 2.75) is 57.2 Å². The van der Waals surface area contributed by atoms with Crippen LogP contribution in [0.3, 0.4) is 0 Å². The number of hydrogen-bond acceptors (Lipinski definition) is 4. The molecule has 0 aromatic heterocycles. The zero-order valence-corrected chi connectivity index (χ0v) is 14.9. The van der Waals surface area contributed by atoms with Gasteiger partial charge in [0, 0.05) is 6.42 Å². The minimum Gasteiger partial charge on any atom is -0.481 e. The van der Waals surface area contributed by atoms with Crippen LogP contribution in [0.5, 0.6) is 0 Å². The maximum absolute atomic E-state index is 12.2. The highest BCUT2D eigenvalue weighted by Gasteiger charge is 2.29. The molecular weight excluding hydrogens is 347 g/mol. The third-order valence-corrected chi connectivity index (χ3v) is 5.00. The van der Waals surface area contributed by atoms with E-state index >= 15 is 0 Å². The summed E-state index contributed by atoms with van der Waals surface area (Å²) in [5.74, 6) is -2.08. The summed E-state index contributed by atoms with van der Waals surface area (Å²) < 4.78 is 17.1. The van der Waals surface area contributed by atoms with Crippen LogP contribution in [0.4, 0.5) is 0 Å². The lowest BCUT2D eigenvalue weighted by molar-refractivity contribution is -0.145. The maximum atomic E-state index is 12.2. The molecule has 0 amide bonds. The summed E-state index contributed by atoms with van der Waals surface area (Å²) in [6.45, 7) is 0. The minimum atomic E-state index is -4.05. The van der Waals surface area contributed by atoms with Gasteiger partial charge >= 0.3 is 19.5 Å². The molecule has 1 rings (SSSR count). The Kier molecular flexibility index (Phi) is 9.42. The zero-order chi connectivity index (χ0) is 18.7. The SMILES string of the molecule is O=C(O)CCCCCCCC(OP(=O)(O)Cc1ccccc1)C(=O)O. The van der Waals surface area contributed by atoms with Crippen molar-refractivity contribution in [3.05, 3.63) is 35.9 Å². The van der Waals surface area contributed by atoms with Crippen LogP contribution in [0.2, 0.25) is 0 Å². The van der Waals surface area contributed by atoms with E-state index in [2.05, 4.69) is 0 Å². The number of aliphatic carboxylic acids is 2. The summed E-state index contributed by atoms with van der Waals surface area (Å²) in [5, 5.41) is 17.7. The first kappa shape index (κ1) is 21.4. The fourth-order valence-corrected chi connectivity index (χ4v) is 3.75. The van der Waals surface area contributed by atoms with Gasteiger partial charge in [0.1, 0.15) is 0 Å². The van der Waals surface area contributed by atoms with Gasteiger partial charge in [-0.15, -0.1) is 0 Å². The monoisotopic (exact) mass is 372 g/mol. The normalized spacial score (nSPS) is 14.6. The van der Waals surface area contributed by atoms with Crippen LogP contribution in [0.25, 0.3) is 0 Å². The molecule has 8 heteroatoms. The number of rotatable bonds is 13. The van der Waals surface area contributed by atoms with Crippen molar-refractivity contribution in [2.75, 3.05) is 0 Å². The molecule has 0 aliphatic rings. The van der Waals surface area contributed by atoms with E-state index in [1.54, 1.807) is 30.3 Å². The van der Waals surface area contributed by atoms with E-state index < -0.39 is 25.6 Å². The molecule has 0 aliphatic heterocycles. The van der Waals surface area contributed by atoms with Gasteiger partial charge in [0.05, 0.1) is 6.16 Å². The average molecular weight is 372 g/mol. The molecule has 0 saturated carbocycles. The van der Waals surface area contributed by atoms with Gasteiger partial charge in [0.2, 0.25) is 0 Å². The Bertz CT molecular complexity index is 588. The molecule has 0 radical (unpaired) electrons. The highest BCUT2D eigenvalue weighted by molar-refractivity contribution is 7.52. The predicted octanol–water partition coefficient (Wildman–Crippen LogP) is 3.66. The molecule has 2 unspecified atom stereocenters. The van der Waals surface area contributed by atoms with Gasteiger partial charge in [-0.1, -0.05) is 56.0 Å². The zero-order valence-electron chi connectivity index (χ0n) is 14.0. The lowest BCUT2D eigenvalue weighted by atomic mass is 10.1. The second-order valence-corrected chi connectivity index (χ2v) is 7.72. The highest BCUT2D eigenvalue weighted by atomic mass is 31.2. The largest absolute Gasteiger partial charge is 0.481 e. The molecule has 0 spiro atoms. The third-order valence-electron chi connectivity index (χ3n) is 3.65. The second kappa shape index (κ2) is 11.0. The number of carbonyl (C=O) groups is 2. The second-order valence-electron chi connectivity index (χ2n) is 5.91. The van der Waals surface area contributed by atoms with Gasteiger partial charge in [0.15, 0.2) is 6.10 Å². The van der Waals surface area contributed by atoms with Crippen LogP contribution in [0, 0.1) is 0 Å². The lowest BCUT2D eigenvalue weighted by Gasteiger charge is -2.18. The first-order chi connectivity index (χ1) is 11.8. The van der Waals surface area contributed by atoms with Crippen LogP contribution < -0.4 is 0 Å². The van der Waals surface area contributed by atoms with Crippen LogP contribution in [-0.2, 0) is 24.8 Å². The molecule has 1 aromatic rings. The maximum Gasteiger partial charge on any atom is 0.333 e. The van der Waals surface area contributed by atoms with E-state index in [0.29, 0.717) is 18.4 Å². The van der Waals surface area contributed by atoms with E-state index in [0.717, 1.165) is 19.3 Å². The van der Waals surface area contributed by atoms with Crippen molar-refractivity contribution < 1.29 is 33.8 Å². The van der Waals surface area contributed by atoms with Crippen molar-refractivity contribution in [1.82, 2.24) is 0 Å². The molecule has 140 valence electrons. The van der Waals surface area contributed by atoms with Gasteiger partial charge in [0.25, 0.3) is 0 Å². The fraction of sp³-hybridized carbons (Fsp3) is 0.529. The van der Waals surface area contributed by atoms with E-state index in [-0.39, 0.29) is 19.0 Å². The van der Waals surface area contributed by atoms with E-state index in [1.807, 2.05) is 0 Å². The standard InChI is InChI=1S/C17H25O7P/c18-16(19)12-8-3-1-2-7-11-15(17(20)21)24-25(22,23)13-14-9-5-4-6-10-14/h4-6,9-10,15H,1-3,7-8,11-13H2,(H,18,19)(H,20,21)(H,22,23). The summed E-state index contributed by atoms with van der Waals surface area (Å²) >= 11 is 0. The molecule has 0 fully saturated rings. The van der Waals surface area contributed by atoms with Crippen molar-refractivity contribution in [2.24, 2.45) is 0 Å². The Labute approximate surface area is 147 Å². The van der Waals surface area contributed by atoms with Crippen molar-refractivity contribution in [1.29, 1.82) is 0 Å². The molecule has 0 saturated heterocycles. The van der Waals surface area contributed by atoms with Crippen LogP contribution in [0.1, 0.15) is 50.5 Å². The number of benzene rings is 1. The minimum absolute atomic E-state index is 0.133. The fourth-order valence-electron chi connectivity index (χ4n) is 2.41. The number of unbranched alkanes of at least 4 members (excludes halogenated alkanes) is 4. The van der Waals surface area contributed by atoms with Crippen LogP contribution >= 0.6 is 7.60 Å². The molecule has 0 aliphatic carbocycles. The molecule has 7 nitrogen and oxygen atoms in total. The predicted molar refractivity (Wildman–Crippen MR) is 92.4 cm³/mol. The molecular formula is C17H25O7P. The summed E-state index contributed by atoms with van der Waals surface area (Å²) in [5.41, 5.74) is 0.607. The van der Waals surface area contributed by atoms with Crippen LogP contribution in [0.15, 0.2) is 30.3 Å². The summed E-state index contributed by atoms with van der Waals surface area (Å²) in [6.07, 6.45) is 2.14. The molecule has 0 bridgehead atoms. The van der Waals surface area contributed by atoms with Gasteiger partial charge in [-0.3, -0.25) is 13.9 Å². The summed E-state index contributed by atoms with van der Waals surface area (Å²) in [4.78, 5) is 31.6. The smallest absolute Gasteiger partial charge is 0.333 e. The lowest BCUT2D eigenvalue weighted by Crippen LogP contribution is -2.23. The Balaban J connectivity index is 2.37. The Morgan fingerprint density at radius 3 is 2.20 bits per heavy atom. The van der Waals surface area contributed by atoms with Crippen molar-refractivity contribution in [3.8, 4) is 0 Å². The number of hydrogen-bond donors (Lipinski definition) is 3. The molecule has 25 heavy (non-hydrogen) atoms. The first-order valence-electron chi connectivity index (χ1n) is 8.29. The van der Waals surface area contributed by atoms with Crippen LogP contribution in [-0.4, -0.2) is 33.1 Å². The topological polar surface area (TPSA) is 121 Å². The average Bonchev–Trinajstić information content (AvgIpc) is 2.52. The van der Waals surface area contributed by atoms with Crippen molar-refractivity contribution in [3.63, 3.8) is 0 Å². The molecule has 0 heterocycles. The quantitative estimate of drug-likeness (QED) is 0.357.